The average molecular weight is 1240 g/mol. The molecule has 38 heteroatoms. The van der Waals surface area contributed by atoms with Gasteiger partial charge in [-0.25, -0.2) is 0 Å². The van der Waals surface area contributed by atoms with E-state index in [-0.39, 0.29) is 72.8 Å². The molecule has 0 fully saturated rings. The number of carbonyl (C=O) groups excluding carboxylic acids is 2. The molecule has 0 radical (unpaired) electrons. The van der Waals surface area contributed by atoms with Crippen LogP contribution in [0.3, 0.4) is 0 Å². The van der Waals surface area contributed by atoms with Crippen molar-refractivity contribution in [3.8, 4) is 23.0 Å². The lowest BCUT2D eigenvalue weighted by Gasteiger charge is -2.40. The quantitative estimate of drug-likeness (QED) is 0.0974. The normalized spacial score (nSPS) is 14.6. The highest BCUT2D eigenvalue weighted by Gasteiger charge is 2.92. The van der Waals surface area contributed by atoms with E-state index in [0.717, 1.165) is 0 Å². The Hall–Kier alpha value is -6.82. The van der Waals surface area contributed by atoms with E-state index in [2.05, 4.69) is 0 Å². The fourth-order valence-corrected chi connectivity index (χ4v) is 6.97. The SMILES string of the molecule is CC(=O)Nc1ccc(Oc2ccc(C(c3ccc(Oc4ccc(NC(C)=O)c(C(F)(F)C(F)(F)C(F)(F)C(F)(F)C(F)(F)C(F)(F)F)c4)cc3)(C(F)(F)F)C(F)(F)F)cc2)cc1C(F)(F)C(F)(F)C(F)(F)C(F)(F)C(F)(F)C(F)(F)F. The molecule has 4 aromatic rings. The van der Waals surface area contributed by atoms with Gasteiger partial charge in [-0.05, 0) is 71.8 Å². The Morgan fingerprint density at radius 3 is 0.765 bits per heavy atom. The van der Waals surface area contributed by atoms with Crippen molar-refractivity contribution in [3.05, 3.63) is 107 Å². The van der Waals surface area contributed by atoms with Crippen LogP contribution in [0.15, 0.2) is 84.9 Å². The predicted molar refractivity (Wildman–Crippen MR) is 207 cm³/mol. The minimum Gasteiger partial charge on any atom is -0.457 e. The summed E-state index contributed by atoms with van der Waals surface area (Å²) in [5.41, 5.74) is -18.6. The second kappa shape index (κ2) is 20.3. The number of halogens is 32. The molecule has 0 aromatic heterocycles. The first-order valence-corrected chi connectivity index (χ1v) is 20.4. The van der Waals surface area contributed by atoms with Crippen LogP contribution < -0.4 is 20.1 Å². The van der Waals surface area contributed by atoms with Gasteiger partial charge in [-0.3, -0.25) is 9.59 Å². The van der Waals surface area contributed by atoms with Crippen molar-refractivity contribution in [2.45, 2.75) is 103 Å². The standard InChI is InChI=1S/C43H22F32N2O4/c1-17(78)76-27-13-11-23(15-25(27)30(44,45)32(48,49)34(52,53)36(56,57)38(60,61)42(70,71)72)80-21-7-3-19(4-8-21)29(40(64,65)66,41(67,68)69)20-5-9-22(10-6-20)81-24-12-14-28(77-18(2)79)26(16-24)31(46,47)33(50,51)35(54,55)37(58,59)39(62,63)43(73,74)75/h3-16H,1-2H3,(H,76,78)(H,77,79). The molecule has 0 atom stereocenters. The van der Waals surface area contributed by atoms with Gasteiger partial charge in [0.1, 0.15) is 23.0 Å². The third kappa shape index (κ3) is 10.6. The molecule has 0 unspecified atom stereocenters. The zero-order valence-electron chi connectivity index (χ0n) is 38.3. The maximum absolute atomic E-state index is 15.4. The number of alkyl halides is 32. The molecular weight excluding hydrogens is 1220 g/mol. The monoisotopic (exact) mass is 1240 g/mol. The van der Waals surface area contributed by atoms with Crippen molar-refractivity contribution in [2.24, 2.45) is 0 Å². The summed E-state index contributed by atoms with van der Waals surface area (Å²) in [6.07, 6.45) is -28.8. The lowest BCUT2D eigenvalue weighted by Crippen LogP contribution is -2.69. The van der Waals surface area contributed by atoms with Gasteiger partial charge >= 0.3 is 83.9 Å². The van der Waals surface area contributed by atoms with Crippen LogP contribution >= 0.6 is 0 Å². The summed E-state index contributed by atoms with van der Waals surface area (Å²) in [6.45, 7) is 0.749. The Bertz CT molecular complexity index is 2760. The van der Waals surface area contributed by atoms with E-state index in [1.165, 1.54) is 10.6 Å². The van der Waals surface area contributed by atoms with Gasteiger partial charge in [0.05, 0.1) is 22.5 Å². The van der Waals surface area contributed by atoms with Crippen molar-refractivity contribution in [3.63, 3.8) is 0 Å². The van der Waals surface area contributed by atoms with E-state index < -0.39 is 170 Å². The lowest BCUT2D eigenvalue weighted by atomic mass is 9.73. The van der Waals surface area contributed by atoms with Crippen LogP contribution in [0.25, 0.3) is 0 Å². The number of benzene rings is 4. The molecule has 81 heavy (non-hydrogen) atoms. The van der Waals surface area contributed by atoms with Crippen LogP contribution in [0.5, 0.6) is 23.0 Å². The number of hydrogen-bond acceptors (Lipinski definition) is 4. The van der Waals surface area contributed by atoms with E-state index in [1.807, 2.05) is 0 Å². The Morgan fingerprint density at radius 1 is 0.309 bits per heavy atom. The predicted octanol–water partition coefficient (Wildman–Crippen LogP) is 17.0. The van der Waals surface area contributed by atoms with Crippen LogP contribution in [0.1, 0.15) is 36.1 Å². The van der Waals surface area contributed by atoms with Gasteiger partial charge in [0.2, 0.25) is 17.2 Å². The molecule has 6 nitrogen and oxygen atoms in total. The summed E-state index contributed by atoms with van der Waals surface area (Å²) in [4.78, 5) is 23.2. The number of carbonyl (C=O) groups is 2. The Labute approximate surface area is 426 Å². The highest BCUT2D eigenvalue weighted by atomic mass is 19.5. The van der Waals surface area contributed by atoms with Crippen LogP contribution in [0.4, 0.5) is 152 Å². The summed E-state index contributed by atoms with van der Waals surface area (Å²) < 4.78 is 464. The van der Waals surface area contributed by atoms with Crippen molar-refractivity contribution in [1.29, 1.82) is 0 Å². The van der Waals surface area contributed by atoms with Crippen molar-refractivity contribution in [1.82, 2.24) is 0 Å². The largest absolute Gasteiger partial charge is 0.460 e. The molecule has 4 rings (SSSR count). The Kier molecular flexibility index (Phi) is 16.7. The Morgan fingerprint density at radius 2 is 0.543 bits per heavy atom. The van der Waals surface area contributed by atoms with Gasteiger partial charge in [-0.2, -0.15) is 140 Å². The molecule has 2 amide bonds. The average Bonchev–Trinajstić information content (AvgIpc) is 3.28. The van der Waals surface area contributed by atoms with Crippen molar-refractivity contribution < 1.29 is 160 Å². The first-order chi connectivity index (χ1) is 35.9. The maximum atomic E-state index is 15.4. The number of ether oxygens (including phenoxy) is 2. The maximum Gasteiger partial charge on any atom is 0.460 e. The Balaban J connectivity index is 1.81. The van der Waals surface area contributed by atoms with E-state index in [1.54, 1.807) is 0 Å². The molecule has 0 saturated carbocycles. The fraction of sp³-hybridized carbons (Fsp3) is 0.395. The van der Waals surface area contributed by atoms with E-state index in [0.29, 0.717) is 13.8 Å². The summed E-state index contributed by atoms with van der Waals surface area (Å²) >= 11 is 0. The van der Waals surface area contributed by atoms with E-state index >= 15 is 17.6 Å². The van der Waals surface area contributed by atoms with Crippen LogP contribution in [0, 0.1) is 0 Å². The smallest absolute Gasteiger partial charge is 0.457 e. The highest BCUT2D eigenvalue weighted by Crippen LogP contribution is 2.65. The molecule has 0 saturated heterocycles. The summed E-state index contributed by atoms with van der Waals surface area (Å²) in [6, 6.07) is -1.10. The highest BCUT2D eigenvalue weighted by molar-refractivity contribution is 5.90. The topological polar surface area (TPSA) is 76.7 Å². The first-order valence-electron chi connectivity index (χ1n) is 20.4. The minimum absolute atomic E-state index is 0.0345. The third-order valence-electron chi connectivity index (χ3n) is 11.0. The van der Waals surface area contributed by atoms with Gasteiger partial charge in [0.15, 0.2) is 0 Å². The number of hydrogen-bond donors (Lipinski definition) is 2. The number of amides is 2. The zero-order chi connectivity index (χ0) is 63.2. The molecular formula is C43H22F32N2O4. The fourth-order valence-electron chi connectivity index (χ4n) is 6.97. The summed E-state index contributed by atoms with van der Waals surface area (Å²) in [7, 11) is 0. The van der Waals surface area contributed by atoms with Crippen LogP contribution in [-0.2, 0) is 26.8 Å². The third-order valence-corrected chi connectivity index (χ3v) is 11.0. The molecule has 0 bridgehead atoms. The number of anilines is 2. The van der Waals surface area contributed by atoms with Gasteiger partial charge in [0.25, 0.3) is 0 Å². The van der Waals surface area contributed by atoms with Gasteiger partial charge in [-0.15, -0.1) is 0 Å². The number of nitrogens with one attached hydrogen (secondary N) is 2. The van der Waals surface area contributed by atoms with Gasteiger partial charge in [0, 0.05) is 13.8 Å². The summed E-state index contributed by atoms with van der Waals surface area (Å²) in [5.74, 6) is -88.7. The van der Waals surface area contributed by atoms with Crippen LogP contribution in [0.2, 0.25) is 0 Å². The second-order valence-corrected chi connectivity index (χ2v) is 16.5. The molecule has 0 heterocycles. The van der Waals surface area contributed by atoms with Crippen molar-refractivity contribution in [2.75, 3.05) is 10.6 Å². The van der Waals surface area contributed by atoms with Gasteiger partial charge in [-0.1, -0.05) is 24.3 Å². The molecule has 0 aliphatic carbocycles. The van der Waals surface area contributed by atoms with E-state index in [9.17, 15) is 133 Å². The van der Waals surface area contributed by atoms with E-state index in [4.69, 9.17) is 9.47 Å². The number of rotatable bonds is 18. The molecule has 2 N–H and O–H groups in total. The molecule has 0 spiro atoms. The van der Waals surface area contributed by atoms with Gasteiger partial charge < -0.3 is 20.1 Å². The molecule has 0 aliphatic rings. The first kappa shape index (κ1) is 66.7. The zero-order valence-corrected chi connectivity index (χ0v) is 38.3. The minimum atomic E-state index is -8.40. The van der Waals surface area contributed by atoms with Crippen molar-refractivity contribution >= 4 is 23.2 Å². The molecule has 0 aliphatic heterocycles. The molecule has 452 valence electrons. The molecule has 4 aromatic carbocycles. The second-order valence-electron chi connectivity index (χ2n) is 16.5. The van der Waals surface area contributed by atoms with Crippen LogP contribution in [-0.4, -0.2) is 83.9 Å². The summed E-state index contributed by atoms with van der Waals surface area (Å²) in [5, 5.41) is 2.53. The lowest BCUT2D eigenvalue weighted by molar-refractivity contribution is -0.441.